The Hall–Kier alpha value is -2.37. The van der Waals surface area contributed by atoms with E-state index in [1.54, 1.807) is 12.1 Å². The van der Waals surface area contributed by atoms with Gasteiger partial charge in [-0.05, 0) is 30.5 Å². The van der Waals surface area contributed by atoms with Crippen molar-refractivity contribution in [1.82, 2.24) is 5.32 Å². The van der Waals surface area contributed by atoms with Gasteiger partial charge in [-0.2, -0.15) is 0 Å². The highest BCUT2D eigenvalue weighted by Crippen LogP contribution is 2.11. The van der Waals surface area contributed by atoms with Gasteiger partial charge in [0.1, 0.15) is 0 Å². The number of carboxylic acid groups (broad SMARTS) is 1. The second kappa shape index (κ2) is 13.8. The molecule has 150 valence electrons. The maximum atomic E-state index is 11.9. The quantitative estimate of drug-likeness (QED) is 0.429. The zero-order valence-corrected chi connectivity index (χ0v) is 16.3. The molecule has 6 heteroatoms. The number of benzene rings is 1. The number of hydrogen-bond acceptors (Lipinski definition) is 3. The molecular weight excluding hydrogens is 344 g/mol. The average molecular weight is 376 g/mol. The predicted molar refractivity (Wildman–Crippen MR) is 107 cm³/mol. The van der Waals surface area contributed by atoms with Crippen LogP contribution in [0.3, 0.4) is 0 Å². The number of aliphatic carboxylic acids is 1. The van der Waals surface area contributed by atoms with Crippen LogP contribution in [0.5, 0.6) is 0 Å². The van der Waals surface area contributed by atoms with Crippen LogP contribution in [0.2, 0.25) is 0 Å². The summed E-state index contributed by atoms with van der Waals surface area (Å²) in [5.74, 6) is -0.807. The average Bonchev–Trinajstić information content (AvgIpc) is 2.60. The molecule has 1 rings (SSSR count). The van der Waals surface area contributed by atoms with Crippen LogP contribution >= 0.6 is 0 Å². The lowest BCUT2D eigenvalue weighted by molar-refractivity contribution is -0.137. The Labute approximate surface area is 161 Å². The summed E-state index contributed by atoms with van der Waals surface area (Å²) in [4.78, 5) is 33.3. The molecule has 0 aliphatic rings. The summed E-state index contributed by atoms with van der Waals surface area (Å²) >= 11 is 0. The molecule has 0 atom stereocenters. The fraction of sp³-hybridized carbons (Fsp3) is 0.571. The first-order valence-electron chi connectivity index (χ1n) is 9.82. The number of rotatable bonds is 14. The molecule has 0 bridgehead atoms. The van der Waals surface area contributed by atoms with Crippen molar-refractivity contribution in [3.63, 3.8) is 0 Å². The van der Waals surface area contributed by atoms with Gasteiger partial charge in [0.25, 0.3) is 0 Å². The van der Waals surface area contributed by atoms with Gasteiger partial charge >= 0.3 is 5.97 Å². The molecule has 0 saturated heterocycles. The Balaban J connectivity index is 1.99. The lowest BCUT2D eigenvalue weighted by Gasteiger charge is -2.07. The van der Waals surface area contributed by atoms with E-state index in [2.05, 4.69) is 10.6 Å². The maximum absolute atomic E-state index is 11.9. The standard InChI is InChI=1S/C21H32N2O4/c1-17(24)23-19-13-11-18(12-14-19)16-20(25)22-15-9-7-5-3-2-4-6-8-10-21(26)27/h11-14H,2-10,15-16H2,1H3,(H,22,25)(H,23,24)(H,26,27). The number of amides is 2. The smallest absolute Gasteiger partial charge is 0.303 e. The molecule has 1 aromatic rings. The molecule has 0 spiro atoms. The van der Waals surface area contributed by atoms with E-state index < -0.39 is 5.97 Å². The highest BCUT2D eigenvalue weighted by Gasteiger charge is 2.03. The summed E-state index contributed by atoms with van der Waals surface area (Å²) in [7, 11) is 0. The SMILES string of the molecule is CC(=O)Nc1ccc(CC(=O)NCCCCCCCCCCC(=O)O)cc1. The van der Waals surface area contributed by atoms with Gasteiger partial charge in [-0.25, -0.2) is 0 Å². The third-order valence-corrected chi connectivity index (χ3v) is 4.28. The Morgan fingerprint density at radius 3 is 1.96 bits per heavy atom. The Morgan fingerprint density at radius 1 is 0.852 bits per heavy atom. The minimum absolute atomic E-state index is 0.0145. The van der Waals surface area contributed by atoms with E-state index in [9.17, 15) is 14.4 Å². The largest absolute Gasteiger partial charge is 0.481 e. The van der Waals surface area contributed by atoms with Crippen LogP contribution in [0.1, 0.15) is 70.3 Å². The number of carbonyl (C=O) groups is 3. The van der Waals surface area contributed by atoms with Crippen LogP contribution in [0.4, 0.5) is 5.69 Å². The summed E-state index contributed by atoms with van der Waals surface area (Å²) in [6, 6.07) is 7.29. The van der Waals surface area contributed by atoms with Crippen molar-refractivity contribution in [2.75, 3.05) is 11.9 Å². The van der Waals surface area contributed by atoms with Crippen molar-refractivity contribution in [2.24, 2.45) is 0 Å². The summed E-state index contributed by atoms with van der Waals surface area (Å²) in [6.45, 7) is 2.16. The van der Waals surface area contributed by atoms with Crippen molar-refractivity contribution in [2.45, 2.75) is 71.1 Å². The van der Waals surface area contributed by atoms with Crippen LogP contribution in [-0.2, 0) is 20.8 Å². The molecule has 0 saturated carbocycles. The van der Waals surface area contributed by atoms with Crippen molar-refractivity contribution >= 4 is 23.5 Å². The molecule has 1 aromatic carbocycles. The number of carboxylic acids is 1. The summed E-state index contributed by atoms with van der Waals surface area (Å²) in [6.07, 6.45) is 9.04. The first kappa shape index (κ1) is 22.7. The number of anilines is 1. The molecule has 0 heterocycles. The monoisotopic (exact) mass is 376 g/mol. The number of unbranched alkanes of at least 4 members (excludes halogenated alkanes) is 7. The minimum Gasteiger partial charge on any atom is -0.481 e. The van der Waals surface area contributed by atoms with E-state index in [4.69, 9.17) is 5.11 Å². The fourth-order valence-electron chi connectivity index (χ4n) is 2.85. The Kier molecular flexibility index (Phi) is 11.6. The predicted octanol–water partition coefficient (Wildman–Crippen LogP) is 3.90. The lowest BCUT2D eigenvalue weighted by Crippen LogP contribution is -2.26. The van der Waals surface area contributed by atoms with Gasteiger partial charge in [-0.1, -0.05) is 50.7 Å². The molecule has 3 N–H and O–H groups in total. The summed E-state index contributed by atoms with van der Waals surface area (Å²) in [5, 5.41) is 14.2. The topological polar surface area (TPSA) is 95.5 Å². The van der Waals surface area contributed by atoms with Crippen LogP contribution < -0.4 is 10.6 Å². The van der Waals surface area contributed by atoms with E-state index in [-0.39, 0.29) is 18.2 Å². The van der Waals surface area contributed by atoms with Crippen molar-refractivity contribution in [3.8, 4) is 0 Å². The highest BCUT2D eigenvalue weighted by molar-refractivity contribution is 5.88. The van der Waals surface area contributed by atoms with Crippen molar-refractivity contribution in [1.29, 1.82) is 0 Å². The molecule has 0 aliphatic carbocycles. The molecule has 0 radical (unpaired) electrons. The number of hydrogen-bond donors (Lipinski definition) is 3. The number of carbonyl (C=O) groups excluding carboxylic acids is 2. The minimum atomic E-state index is -0.709. The molecule has 6 nitrogen and oxygen atoms in total. The molecule has 0 aromatic heterocycles. The molecule has 0 fully saturated rings. The van der Waals surface area contributed by atoms with Crippen LogP contribution in [0.25, 0.3) is 0 Å². The lowest BCUT2D eigenvalue weighted by atomic mass is 10.1. The molecule has 27 heavy (non-hydrogen) atoms. The van der Waals surface area contributed by atoms with Crippen LogP contribution in [0.15, 0.2) is 24.3 Å². The number of nitrogens with one attached hydrogen (secondary N) is 2. The normalized spacial score (nSPS) is 10.4. The fourth-order valence-corrected chi connectivity index (χ4v) is 2.85. The van der Waals surface area contributed by atoms with Gasteiger partial charge in [-0.15, -0.1) is 0 Å². The van der Waals surface area contributed by atoms with Gasteiger partial charge in [-0.3, -0.25) is 14.4 Å². The van der Waals surface area contributed by atoms with E-state index in [0.717, 1.165) is 56.2 Å². The second-order valence-electron chi connectivity index (χ2n) is 6.88. The van der Waals surface area contributed by atoms with Crippen molar-refractivity contribution in [3.05, 3.63) is 29.8 Å². The second-order valence-corrected chi connectivity index (χ2v) is 6.88. The third kappa shape index (κ3) is 12.6. The van der Waals surface area contributed by atoms with Gasteiger partial charge in [0, 0.05) is 25.6 Å². The Morgan fingerprint density at radius 2 is 1.41 bits per heavy atom. The zero-order chi connectivity index (χ0) is 19.9. The Bertz CT molecular complexity index is 584. The van der Waals surface area contributed by atoms with E-state index in [1.165, 1.54) is 13.3 Å². The highest BCUT2D eigenvalue weighted by atomic mass is 16.4. The summed E-state index contributed by atoms with van der Waals surface area (Å²) in [5.41, 5.74) is 1.65. The van der Waals surface area contributed by atoms with Crippen LogP contribution in [-0.4, -0.2) is 29.4 Å². The van der Waals surface area contributed by atoms with Gasteiger partial charge in [0.2, 0.25) is 11.8 Å². The summed E-state index contributed by atoms with van der Waals surface area (Å²) < 4.78 is 0. The van der Waals surface area contributed by atoms with Gasteiger partial charge < -0.3 is 15.7 Å². The first-order valence-corrected chi connectivity index (χ1v) is 9.82. The molecule has 2 amide bonds. The van der Waals surface area contributed by atoms with Gasteiger partial charge in [0.15, 0.2) is 0 Å². The zero-order valence-electron chi connectivity index (χ0n) is 16.3. The maximum Gasteiger partial charge on any atom is 0.303 e. The third-order valence-electron chi connectivity index (χ3n) is 4.28. The van der Waals surface area contributed by atoms with E-state index in [1.807, 2.05) is 12.1 Å². The molecule has 0 unspecified atom stereocenters. The van der Waals surface area contributed by atoms with E-state index in [0.29, 0.717) is 13.0 Å². The van der Waals surface area contributed by atoms with Crippen molar-refractivity contribution < 1.29 is 19.5 Å². The molecular formula is C21H32N2O4. The van der Waals surface area contributed by atoms with Gasteiger partial charge in [0.05, 0.1) is 6.42 Å². The van der Waals surface area contributed by atoms with Crippen LogP contribution in [0, 0.1) is 0 Å². The molecule has 0 aliphatic heterocycles. The first-order chi connectivity index (χ1) is 13.0. The van der Waals surface area contributed by atoms with E-state index >= 15 is 0 Å².